The van der Waals surface area contributed by atoms with Gasteiger partial charge in [-0.1, -0.05) is 86.2 Å². The van der Waals surface area contributed by atoms with E-state index in [0.29, 0.717) is 36.9 Å². The van der Waals surface area contributed by atoms with Crippen LogP contribution >= 0.6 is 0 Å². The average molecular weight is 571 g/mol. The fraction of sp³-hybridized carbons (Fsp3) is 0.632. The van der Waals surface area contributed by atoms with E-state index in [1.165, 1.54) is 36.8 Å². The highest BCUT2D eigenvalue weighted by Gasteiger charge is 2.70. The van der Waals surface area contributed by atoms with Crippen LogP contribution in [0, 0.1) is 34.5 Å². The van der Waals surface area contributed by atoms with E-state index in [0.717, 1.165) is 12.8 Å². The Morgan fingerprint density at radius 1 is 0.762 bits per heavy atom. The van der Waals surface area contributed by atoms with Crippen LogP contribution in [-0.2, 0) is 32.2 Å². The van der Waals surface area contributed by atoms with E-state index in [-0.39, 0.29) is 35.2 Å². The molecule has 7 rings (SSSR count). The lowest BCUT2D eigenvalue weighted by Crippen LogP contribution is -2.67. The first-order chi connectivity index (χ1) is 20.2. The Kier molecular flexibility index (Phi) is 7.45. The van der Waals surface area contributed by atoms with Crippen LogP contribution in [0.3, 0.4) is 0 Å². The van der Waals surface area contributed by atoms with Gasteiger partial charge >= 0.3 is 0 Å². The molecule has 1 saturated heterocycles. The zero-order valence-corrected chi connectivity index (χ0v) is 26.3. The Morgan fingerprint density at radius 2 is 1.40 bits per heavy atom. The summed E-state index contributed by atoms with van der Waals surface area (Å²) in [6.45, 7) is 12.9. The van der Waals surface area contributed by atoms with Gasteiger partial charge in [-0.3, -0.25) is 0 Å². The second kappa shape index (κ2) is 10.9. The minimum absolute atomic E-state index is 0.00296. The Morgan fingerprint density at radius 3 is 2.07 bits per heavy atom. The summed E-state index contributed by atoms with van der Waals surface area (Å²) >= 11 is 0. The number of benzene rings is 2. The Labute approximate surface area is 253 Å². The normalized spacial score (nSPS) is 42.9. The summed E-state index contributed by atoms with van der Waals surface area (Å²) in [5, 5.41) is 0. The Bertz CT molecular complexity index is 1270. The molecule has 4 nitrogen and oxygen atoms in total. The molecule has 42 heavy (non-hydrogen) atoms. The molecule has 0 N–H and O–H groups in total. The third-order valence-electron chi connectivity index (χ3n) is 12.4. The predicted octanol–water partition coefficient (Wildman–Crippen LogP) is 8.50. The number of ether oxygens (including phenoxy) is 4. The molecule has 2 aromatic rings. The van der Waals surface area contributed by atoms with Crippen molar-refractivity contribution in [2.45, 2.75) is 117 Å². The van der Waals surface area contributed by atoms with Gasteiger partial charge in [-0.05, 0) is 93.1 Å². The van der Waals surface area contributed by atoms with Crippen LogP contribution in [0.4, 0.5) is 0 Å². The molecular formula is C38H50O4. The first kappa shape index (κ1) is 28.8. The van der Waals surface area contributed by atoms with Crippen molar-refractivity contribution in [3.63, 3.8) is 0 Å². The van der Waals surface area contributed by atoms with Crippen molar-refractivity contribution in [2.75, 3.05) is 0 Å². The quantitative estimate of drug-likeness (QED) is 0.326. The van der Waals surface area contributed by atoms with Crippen molar-refractivity contribution in [1.82, 2.24) is 0 Å². The van der Waals surface area contributed by atoms with Crippen molar-refractivity contribution >= 4 is 0 Å². The summed E-state index contributed by atoms with van der Waals surface area (Å²) < 4.78 is 27.7. The van der Waals surface area contributed by atoms with E-state index >= 15 is 0 Å². The van der Waals surface area contributed by atoms with Crippen LogP contribution in [0.2, 0.25) is 0 Å². The van der Waals surface area contributed by atoms with Gasteiger partial charge in [0.25, 0.3) is 0 Å². The van der Waals surface area contributed by atoms with Gasteiger partial charge in [-0.15, -0.1) is 0 Å². The summed E-state index contributed by atoms with van der Waals surface area (Å²) in [7, 11) is 0. The molecule has 1 aliphatic heterocycles. The lowest BCUT2D eigenvalue weighted by molar-refractivity contribution is -0.240. The third-order valence-corrected chi connectivity index (χ3v) is 12.4. The minimum Gasteiger partial charge on any atom is -0.373 e. The maximum absolute atomic E-state index is 7.06. The number of allylic oxidation sites excluding steroid dienone is 2. The molecule has 10 atom stereocenters. The molecule has 2 aromatic carbocycles. The van der Waals surface area contributed by atoms with Crippen molar-refractivity contribution < 1.29 is 18.9 Å². The fourth-order valence-corrected chi connectivity index (χ4v) is 10.4. The predicted molar refractivity (Wildman–Crippen MR) is 165 cm³/mol. The van der Waals surface area contributed by atoms with Gasteiger partial charge in [0.15, 0.2) is 5.79 Å². The number of rotatable bonds is 6. The highest BCUT2D eigenvalue weighted by atomic mass is 16.8. The van der Waals surface area contributed by atoms with Crippen LogP contribution in [0.5, 0.6) is 0 Å². The molecule has 0 radical (unpaired) electrons. The Balaban J connectivity index is 1.25. The van der Waals surface area contributed by atoms with E-state index in [1.807, 2.05) is 0 Å². The number of hydrogen-bond donors (Lipinski definition) is 0. The van der Waals surface area contributed by atoms with Gasteiger partial charge in [-0.25, -0.2) is 0 Å². The van der Waals surface area contributed by atoms with Gasteiger partial charge in [0, 0.05) is 11.8 Å². The molecule has 4 saturated carbocycles. The molecule has 0 bridgehead atoms. The maximum atomic E-state index is 7.06. The SMILES string of the molecule is C/C=C1/CCC2C3C(CC[C@]12C)[C@]1(C)C(C[C@H](OCc2ccccc2)C[C@@H]1OCc1ccccc1)[C@H]1OC(C)(C)O[C@H]31. The van der Waals surface area contributed by atoms with Gasteiger partial charge in [0.1, 0.15) is 0 Å². The van der Waals surface area contributed by atoms with E-state index in [1.54, 1.807) is 5.57 Å². The summed E-state index contributed by atoms with van der Waals surface area (Å²) in [5.41, 5.74) is 4.40. The van der Waals surface area contributed by atoms with Crippen LogP contribution in [-0.4, -0.2) is 30.2 Å². The van der Waals surface area contributed by atoms with Gasteiger partial charge < -0.3 is 18.9 Å². The molecule has 0 spiro atoms. The van der Waals surface area contributed by atoms with E-state index in [9.17, 15) is 0 Å². The van der Waals surface area contributed by atoms with E-state index in [4.69, 9.17) is 18.9 Å². The summed E-state index contributed by atoms with van der Waals surface area (Å²) in [4.78, 5) is 0. The summed E-state index contributed by atoms with van der Waals surface area (Å²) in [5.74, 6) is 1.42. The molecule has 1 heterocycles. The van der Waals surface area contributed by atoms with Crippen molar-refractivity contribution in [3.05, 3.63) is 83.4 Å². The molecule has 226 valence electrons. The molecule has 5 aliphatic rings. The monoisotopic (exact) mass is 570 g/mol. The lowest BCUT2D eigenvalue weighted by atomic mass is 9.43. The molecule has 4 unspecified atom stereocenters. The molecular weight excluding hydrogens is 520 g/mol. The zero-order valence-electron chi connectivity index (χ0n) is 26.3. The van der Waals surface area contributed by atoms with Crippen molar-refractivity contribution in [1.29, 1.82) is 0 Å². The highest BCUT2D eigenvalue weighted by molar-refractivity contribution is 5.26. The lowest BCUT2D eigenvalue weighted by Gasteiger charge is -2.64. The second-order valence-electron chi connectivity index (χ2n) is 14.8. The summed E-state index contributed by atoms with van der Waals surface area (Å²) in [6, 6.07) is 21.3. The van der Waals surface area contributed by atoms with Crippen LogP contribution in [0.1, 0.15) is 84.3 Å². The Hall–Kier alpha value is -1.98. The minimum atomic E-state index is -0.570. The maximum Gasteiger partial charge on any atom is 0.163 e. The van der Waals surface area contributed by atoms with Crippen LogP contribution in [0.15, 0.2) is 72.3 Å². The van der Waals surface area contributed by atoms with E-state index in [2.05, 4.69) is 101 Å². The largest absolute Gasteiger partial charge is 0.373 e. The molecule has 5 fully saturated rings. The van der Waals surface area contributed by atoms with Crippen LogP contribution < -0.4 is 0 Å². The summed E-state index contributed by atoms with van der Waals surface area (Å²) in [6.07, 6.45) is 9.77. The average Bonchev–Trinajstić information content (AvgIpc) is 3.51. The molecule has 0 aromatic heterocycles. The van der Waals surface area contributed by atoms with Crippen molar-refractivity contribution in [2.24, 2.45) is 34.5 Å². The molecule has 0 amide bonds. The van der Waals surface area contributed by atoms with Crippen LogP contribution in [0.25, 0.3) is 0 Å². The second-order valence-corrected chi connectivity index (χ2v) is 14.8. The number of hydrogen-bond acceptors (Lipinski definition) is 4. The fourth-order valence-electron chi connectivity index (χ4n) is 10.4. The third kappa shape index (κ3) is 4.72. The first-order valence-corrected chi connectivity index (χ1v) is 16.6. The van der Waals surface area contributed by atoms with Crippen molar-refractivity contribution in [3.8, 4) is 0 Å². The van der Waals surface area contributed by atoms with E-state index < -0.39 is 5.79 Å². The first-order valence-electron chi connectivity index (χ1n) is 16.6. The highest BCUT2D eigenvalue weighted by Crippen LogP contribution is 2.69. The topological polar surface area (TPSA) is 36.9 Å². The smallest absolute Gasteiger partial charge is 0.163 e. The zero-order chi connectivity index (χ0) is 29.1. The van der Waals surface area contributed by atoms with Gasteiger partial charge in [0.05, 0.1) is 37.6 Å². The molecule has 4 aliphatic carbocycles. The standard InChI is InChI=1S/C38H50O4/c1-6-27-17-18-29-33-30(19-20-37(27,29)4)38(5)31(34-35(33)42-36(2,3)41-34)21-28(39-23-25-13-9-7-10-14-25)22-32(38)40-24-26-15-11-8-12-16-26/h6-16,28-35H,17-24H2,1-5H3/b27-6-/t28-,29?,30?,31?,32-,33?,34+,35+,37+,38+/m0/s1. The van der Waals surface area contributed by atoms with Gasteiger partial charge in [-0.2, -0.15) is 0 Å². The number of fused-ring (bicyclic) bond motifs is 8. The van der Waals surface area contributed by atoms with Gasteiger partial charge in [0.2, 0.25) is 0 Å². The molecule has 4 heteroatoms.